The van der Waals surface area contributed by atoms with Crippen LogP contribution in [0.15, 0.2) is 21.8 Å². The van der Waals surface area contributed by atoms with E-state index < -0.39 is 0 Å². The Morgan fingerprint density at radius 2 is 2.12 bits per heavy atom. The maximum absolute atomic E-state index is 4.54. The van der Waals surface area contributed by atoms with Gasteiger partial charge < -0.3 is 10.6 Å². The van der Waals surface area contributed by atoms with Gasteiger partial charge in [0.1, 0.15) is 6.17 Å². The molecule has 1 unspecified atom stereocenters. The molecule has 4 nitrogen and oxygen atoms in total. The molecule has 0 spiro atoms. The number of nitrogens with zero attached hydrogens (tertiary/aromatic N) is 2. The lowest BCUT2D eigenvalue weighted by Gasteiger charge is -2.26. The molecule has 0 saturated heterocycles. The second-order valence-corrected chi connectivity index (χ2v) is 4.76. The van der Waals surface area contributed by atoms with Gasteiger partial charge in [-0.25, -0.2) is 9.98 Å². The molecule has 1 heterocycles. The summed E-state index contributed by atoms with van der Waals surface area (Å²) in [6, 6.07) is 0.552. The average molecular weight is 234 g/mol. The minimum Gasteiger partial charge on any atom is -0.364 e. The van der Waals surface area contributed by atoms with Crippen molar-refractivity contribution < 1.29 is 0 Å². The Bertz CT molecular complexity index is 337. The van der Waals surface area contributed by atoms with Gasteiger partial charge in [-0.2, -0.15) is 0 Å². The van der Waals surface area contributed by atoms with E-state index in [1.165, 1.54) is 37.8 Å². The number of guanidine groups is 1. The van der Waals surface area contributed by atoms with Gasteiger partial charge in [-0.3, -0.25) is 0 Å². The molecule has 1 saturated carbocycles. The van der Waals surface area contributed by atoms with Crippen LogP contribution in [0.25, 0.3) is 0 Å². The molecule has 0 aromatic rings. The fraction of sp³-hybridized carbons (Fsp3) is 0.692. The van der Waals surface area contributed by atoms with Crippen LogP contribution in [-0.4, -0.2) is 24.4 Å². The fourth-order valence-corrected chi connectivity index (χ4v) is 2.32. The Labute approximate surface area is 103 Å². The molecule has 1 atom stereocenters. The second-order valence-electron chi connectivity index (χ2n) is 4.76. The molecule has 2 rings (SSSR count). The van der Waals surface area contributed by atoms with Gasteiger partial charge in [0.25, 0.3) is 0 Å². The number of aliphatic imine (C=N–C) groups is 2. The minimum atomic E-state index is 0.102. The standard InChI is InChI=1S/C13H22N4/c1-3-14-13(17-12-9-10(2)15-12)16-11-7-5-4-6-8-11/h3,9,11-12,15H,4-8H2,1-2H3,(H,16,17)/b14-3-. The van der Waals surface area contributed by atoms with E-state index in [1.54, 1.807) is 6.21 Å². The van der Waals surface area contributed by atoms with E-state index in [9.17, 15) is 0 Å². The maximum atomic E-state index is 4.54. The van der Waals surface area contributed by atoms with E-state index in [0.717, 1.165) is 5.96 Å². The molecule has 2 aliphatic rings. The molecule has 1 aliphatic heterocycles. The highest BCUT2D eigenvalue weighted by Gasteiger charge is 2.17. The summed E-state index contributed by atoms with van der Waals surface area (Å²) < 4.78 is 0. The molecule has 1 fully saturated rings. The lowest BCUT2D eigenvalue weighted by Crippen LogP contribution is -2.39. The monoisotopic (exact) mass is 234 g/mol. The van der Waals surface area contributed by atoms with E-state index in [4.69, 9.17) is 0 Å². The van der Waals surface area contributed by atoms with Crippen LogP contribution in [-0.2, 0) is 0 Å². The smallest absolute Gasteiger partial charge is 0.220 e. The first-order valence-electron chi connectivity index (χ1n) is 6.56. The van der Waals surface area contributed by atoms with Crippen molar-refractivity contribution in [1.29, 1.82) is 0 Å². The van der Waals surface area contributed by atoms with Crippen molar-refractivity contribution in [2.75, 3.05) is 0 Å². The molecule has 0 amide bonds. The highest BCUT2D eigenvalue weighted by molar-refractivity contribution is 5.87. The Morgan fingerprint density at radius 3 is 2.71 bits per heavy atom. The molecule has 1 aliphatic carbocycles. The summed E-state index contributed by atoms with van der Waals surface area (Å²) in [4.78, 5) is 8.85. The van der Waals surface area contributed by atoms with Crippen LogP contribution >= 0.6 is 0 Å². The van der Waals surface area contributed by atoms with Gasteiger partial charge in [0.2, 0.25) is 5.96 Å². The third kappa shape index (κ3) is 3.58. The summed E-state index contributed by atoms with van der Waals surface area (Å²) in [6.07, 6.45) is 10.5. The molecule has 0 bridgehead atoms. The van der Waals surface area contributed by atoms with Crippen LogP contribution in [0, 0.1) is 0 Å². The van der Waals surface area contributed by atoms with E-state index in [-0.39, 0.29) is 6.17 Å². The molecule has 2 N–H and O–H groups in total. The zero-order valence-electron chi connectivity index (χ0n) is 10.7. The summed E-state index contributed by atoms with van der Waals surface area (Å²) >= 11 is 0. The number of rotatable bonds is 2. The summed E-state index contributed by atoms with van der Waals surface area (Å²) in [5.41, 5.74) is 1.19. The minimum absolute atomic E-state index is 0.102. The van der Waals surface area contributed by atoms with Crippen molar-refractivity contribution in [3.8, 4) is 0 Å². The third-order valence-corrected chi connectivity index (χ3v) is 3.23. The average Bonchev–Trinajstić information content (AvgIpc) is 2.28. The molecule has 0 aromatic heterocycles. The topological polar surface area (TPSA) is 48.8 Å². The molecule has 0 radical (unpaired) electrons. The van der Waals surface area contributed by atoms with Gasteiger partial charge in [0.05, 0.1) is 0 Å². The van der Waals surface area contributed by atoms with Gasteiger partial charge >= 0.3 is 0 Å². The molecule has 94 valence electrons. The van der Waals surface area contributed by atoms with Crippen LogP contribution < -0.4 is 10.6 Å². The second kappa shape index (κ2) is 5.84. The van der Waals surface area contributed by atoms with Crippen molar-refractivity contribution in [1.82, 2.24) is 10.6 Å². The van der Waals surface area contributed by atoms with Crippen molar-refractivity contribution in [2.24, 2.45) is 9.98 Å². The van der Waals surface area contributed by atoms with E-state index in [0.29, 0.717) is 6.04 Å². The zero-order valence-corrected chi connectivity index (χ0v) is 10.7. The van der Waals surface area contributed by atoms with Gasteiger partial charge in [0, 0.05) is 18.0 Å². The first-order valence-corrected chi connectivity index (χ1v) is 6.56. The first-order chi connectivity index (χ1) is 8.28. The number of hydrogen-bond donors (Lipinski definition) is 2. The Balaban J connectivity index is 1.92. The largest absolute Gasteiger partial charge is 0.364 e. The predicted molar refractivity (Wildman–Crippen MR) is 72.3 cm³/mol. The zero-order chi connectivity index (χ0) is 12.1. The van der Waals surface area contributed by atoms with Crippen molar-refractivity contribution in [3.05, 3.63) is 11.8 Å². The normalized spacial score (nSPS) is 26.4. The summed E-state index contributed by atoms with van der Waals surface area (Å²) in [7, 11) is 0. The van der Waals surface area contributed by atoms with Crippen LogP contribution in [0.1, 0.15) is 46.0 Å². The van der Waals surface area contributed by atoms with Gasteiger partial charge in [0.15, 0.2) is 0 Å². The summed E-state index contributed by atoms with van der Waals surface area (Å²) in [5, 5.41) is 6.68. The molecule has 4 heteroatoms. The summed E-state index contributed by atoms with van der Waals surface area (Å²) in [5.74, 6) is 0.764. The van der Waals surface area contributed by atoms with Crippen molar-refractivity contribution in [3.63, 3.8) is 0 Å². The third-order valence-electron chi connectivity index (χ3n) is 3.23. The number of allylic oxidation sites excluding steroid dienone is 1. The van der Waals surface area contributed by atoms with Crippen LogP contribution in [0.3, 0.4) is 0 Å². The Hall–Kier alpha value is -1.32. The van der Waals surface area contributed by atoms with E-state index >= 15 is 0 Å². The lowest BCUT2D eigenvalue weighted by molar-refractivity contribution is 0.411. The molecule has 0 aromatic carbocycles. The lowest BCUT2D eigenvalue weighted by atomic mass is 9.96. The predicted octanol–water partition coefficient (Wildman–Crippen LogP) is 2.19. The van der Waals surface area contributed by atoms with Gasteiger partial charge in [-0.15, -0.1) is 0 Å². The fourth-order valence-electron chi connectivity index (χ4n) is 2.32. The quantitative estimate of drug-likeness (QED) is 0.568. The van der Waals surface area contributed by atoms with Gasteiger partial charge in [-0.1, -0.05) is 19.3 Å². The molecular weight excluding hydrogens is 212 g/mol. The van der Waals surface area contributed by atoms with Crippen LogP contribution in [0.4, 0.5) is 0 Å². The van der Waals surface area contributed by atoms with E-state index in [1.807, 2.05) is 13.8 Å². The highest BCUT2D eigenvalue weighted by atomic mass is 15.2. The molecular formula is C13H22N4. The SMILES string of the molecule is C/C=N\C(=N/C1C=C(C)N1)NC1CCCCC1. The Morgan fingerprint density at radius 1 is 1.41 bits per heavy atom. The highest BCUT2D eigenvalue weighted by Crippen LogP contribution is 2.17. The van der Waals surface area contributed by atoms with Crippen molar-refractivity contribution in [2.45, 2.75) is 58.2 Å². The maximum Gasteiger partial charge on any atom is 0.220 e. The van der Waals surface area contributed by atoms with Crippen molar-refractivity contribution >= 4 is 12.2 Å². The van der Waals surface area contributed by atoms with Gasteiger partial charge in [-0.05, 0) is 32.8 Å². The molecule has 17 heavy (non-hydrogen) atoms. The Kier molecular flexibility index (Phi) is 4.18. The van der Waals surface area contributed by atoms with E-state index in [2.05, 4.69) is 26.7 Å². The first kappa shape index (κ1) is 12.1. The van der Waals surface area contributed by atoms with Crippen LogP contribution in [0.2, 0.25) is 0 Å². The number of hydrogen-bond acceptors (Lipinski definition) is 2. The number of nitrogens with one attached hydrogen (secondary N) is 2. The summed E-state index contributed by atoms with van der Waals surface area (Å²) in [6.45, 7) is 3.97. The van der Waals surface area contributed by atoms with Crippen LogP contribution in [0.5, 0.6) is 0 Å².